The second-order valence-electron chi connectivity index (χ2n) is 1.62. The van der Waals surface area contributed by atoms with Crippen molar-refractivity contribution in [3.05, 3.63) is 11.6 Å². The lowest BCUT2D eigenvalue weighted by atomic mass is 10.5. The molecule has 0 radical (unpaired) electrons. The zero-order valence-corrected chi connectivity index (χ0v) is 6.90. The van der Waals surface area contributed by atoms with Crippen molar-refractivity contribution in [3.8, 4) is 24.2 Å². The van der Waals surface area contributed by atoms with Gasteiger partial charge in [0.25, 0.3) is 0 Å². The van der Waals surface area contributed by atoms with Gasteiger partial charge in [-0.05, 0) is 6.08 Å². The van der Waals surface area contributed by atoms with Crippen molar-refractivity contribution in [2.75, 3.05) is 13.2 Å². The van der Waals surface area contributed by atoms with Gasteiger partial charge in [0.15, 0.2) is 0 Å². The van der Waals surface area contributed by atoms with Gasteiger partial charge in [0.1, 0.15) is 6.61 Å². The molecule has 11 heavy (non-hydrogen) atoms. The molecule has 0 N–H and O–H groups in total. The van der Waals surface area contributed by atoms with E-state index >= 15 is 0 Å². The Bertz CT molecular complexity index is 202. The molecular weight excluding hydrogens is 160 g/mol. The smallest absolute Gasteiger partial charge is 0.108 e. The lowest BCUT2D eigenvalue weighted by molar-refractivity contribution is 0.174. The Kier molecular flexibility index (Phi) is 8.37. The molecule has 0 aliphatic carbocycles. The zero-order valence-electron chi connectivity index (χ0n) is 6.14. The van der Waals surface area contributed by atoms with Crippen molar-refractivity contribution in [1.82, 2.24) is 0 Å². The monoisotopic (exact) mass is 168 g/mol. The standard InChI is InChI=1S/C9H9ClO/c1-2-3-8-11-9-6-4-5-7-10/h1,5,7H,3,8-9H2/b7-5-. The summed E-state index contributed by atoms with van der Waals surface area (Å²) in [5, 5.41) is 0. The molecule has 0 bridgehead atoms. The minimum absolute atomic E-state index is 0.406. The van der Waals surface area contributed by atoms with Gasteiger partial charge in [-0.2, -0.15) is 0 Å². The molecule has 0 aromatic rings. The third-order valence-electron chi connectivity index (χ3n) is 0.813. The van der Waals surface area contributed by atoms with Crippen molar-refractivity contribution in [2.24, 2.45) is 0 Å². The van der Waals surface area contributed by atoms with Gasteiger partial charge in [-0.15, -0.1) is 12.3 Å². The SMILES string of the molecule is C#CCCOCC#C/C=C\Cl. The molecule has 0 heterocycles. The summed E-state index contributed by atoms with van der Waals surface area (Å²) in [5.74, 6) is 7.87. The molecule has 0 saturated carbocycles. The van der Waals surface area contributed by atoms with E-state index in [-0.39, 0.29) is 0 Å². The summed E-state index contributed by atoms with van der Waals surface area (Å²) in [6.07, 6.45) is 7.18. The first kappa shape index (κ1) is 10.1. The molecule has 0 fully saturated rings. The summed E-state index contributed by atoms with van der Waals surface area (Å²) in [6, 6.07) is 0. The highest BCUT2D eigenvalue weighted by atomic mass is 35.5. The predicted molar refractivity (Wildman–Crippen MR) is 47.0 cm³/mol. The van der Waals surface area contributed by atoms with Crippen molar-refractivity contribution in [3.63, 3.8) is 0 Å². The lowest BCUT2D eigenvalue weighted by Gasteiger charge is -1.91. The molecule has 0 rings (SSSR count). The van der Waals surface area contributed by atoms with E-state index in [2.05, 4.69) is 17.8 Å². The molecule has 58 valence electrons. The maximum absolute atomic E-state index is 5.21. The number of hydrogen-bond acceptors (Lipinski definition) is 1. The molecule has 0 amide bonds. The molecular formula is C9H9ClO. The molecule has 0 aliphatic heterocycles. The van der Waals surface area contributed by atoms with E-state index in [1.165, 1.54) is 5.54 Å². The average Bonchev–Trinajstić information content (AvgIpc) is 2.03. The summed E-state index contributed by atoms with van der Waals surface area (Å²) in [4.78, 5) is 0. The summed E-state index contributed by atoms with van der Waals surface area (Å²) in [7, 11) is 0. The van der Waals surface area contributed by atoms with Gasteiger partial charge >= 0.3 is 0 Å². The molecule has 0 aromatic heterocycles. The highest BCUT2D eigenvalue weighted by molar-refractivity contribution is 6.25. The lowest BCUT2D eigenvalue weighted by Crippen LogP contribution is -1.92. The Labute approximate surface area is 72.4 Å². The molecule has 0 spiro atoms. The van der Waals surface area contributed by atoms with Crippen LogP contribution in [0.5, 0.6) is 0 Å². The van der Waals surface area contributed by atoms with E-state index < -0.39 is 0 Å². The molecule has 0 atom stereocenters. The van der Waals surface area contributed by atoms with Gasteiger partial charge < -0.3 is 4.74 Å². The van der Waals surface area contributed by atoms with Crippen LogP contribution in [-0.2, 0) is 4.74 Å². The van der Waals surface area contributed by atoms with Crippen LogP contribution in [0.4, 0.5) is 0 Å². The normalized spacial score (nSPS) is 8.73. The maximum Gasteiger partial charge on any atom is 0.108 e. The first-order valence-corrected chi connectivity index (χ1v) is 3.60. The van der Waals surface area contributed by atoms with Crippen LogP contribution in [0.2, 0.25) is 0 Å². The van der Waals surface area contributed by atoms with Crippen LogP contribution in [0.1, 0.15) is 6.42 Å². The largest absolute Gasteiger partial charge is 0.368 e. The zero-order chi connectivity index (χ0) is 8.36. The first-order chi connectivity index (χ1) is 5.41. The Morgan fingerprint density at radius 2 is 2.36 bits per heavy atom. The van der Waals surface area contributed by atoms with Crippen LogP contribution in [0, 0.1) is 24.2 Å². The minimum atomic E-state index is 0.406. The Morgan fingerprint density at radius 1 is 1.55 bits per heavy atom. The summed E-state index contributed by atoms with van der Waals surface area (Å²) < 4.78 is 5.03. The minimum Gasteiger partial charge on any atom is -0.368 e. The number of hydrogen-bond donors (Lipinski definition) is 0. The van der Waals surface area contributed by atoms with Gasteiger partial charge in [-0.25, -0.2) is 0 Å². The number of ether oxygens (including phenoxy) is 1. The average molecular weight is 169 g/mol. The van der Waals surface area contributed by atoms with Crippen molar-refractivity contribution in [1.29, 1.82) is 0 Å². The number of terminal acetylenes is 1. The maximum atomic E-state index is 5.21. The number of rotatable bonds is 3. The van der Waals surface area contributed by atoms with E-state index in [4.69, 9.17) is 22.8 Å². The molecule has 1 nitrogen and oxygen atoms in total. The van der Waals surface area contributed by atoms with Crippen LogP contribution >= 0.6 is 11.6 Å². The summed E-state index contributed by atoms with van der Waals surface area (Å²) in [5.41, 5.74) is 1.36. The second-order valence-corrected chi connectivity index (χ2v) is 1.87. The first-order valence-electron chi connectivity index (χ1n) is 3.16. The summed E-state index contributed by atoms with van der Waals surface area (Å²) in [6.45, 7) is 0.971. The highest BCUT2D eigenvalue weighted by Gasteiger charge is 1.78. The van der Waals surface area contributed by atoms with Gasteiger partial charge in [0.05, 0.1) is 6.61 Å². The van der Waals surface area contributed by atoms with Gasteiger partial charge in [-0.1, -0.05) is 23.4 Å². The van der Waals surface area contributed by atoms with Crippen LogP contribution in [-0.4, -0.2) is 13.2 Å². The van der Waals surface area contributed by atoms with Gasteiger partial charge in [0.2, 0.25) is 0 Å². The second kappa shape index (κ2) is 9.11. The molecule has 0 aliphatic rings. The Morgan fingerprint density at radius 3 is 3.00 bits per heavy atom. The van der Waals surface area contributed by atoms with E-state index in [1.54, 1.807) is 6.08 Å². The quantitative estimate of drug-likeness (QED) is 0.461. The molecule has 2 heteroatoms. The third-order valence-corrected chi connectivity index (χ3v) is 0.939. The molecule has 0 unspecified atom stereocenters. The topological polar surface area (TPSA) is 9.23 Å². The predicted octanol–water partition coefficient (Wildman–Crippen LogP) is 1.78. The fourth-order valence-corrected chi connectivity index (χ4v) is 0.449. The van der Waals surface area contributed by atoms with E-state index in [1.807, 2.05) is 0 Å². The van der Waals surface area contributed by atoms with Crippen molar-refractivity contribution in [2.45, 2.75) is 6.42 Å². The fraction of sp³-hybridized carbons (Fsp3) is 0.333. The Balaban J connectivity index is 3.17. The van der Waals surface area contributed by atoms with Crippen LogP contribution in [0.25, 0.3) is 0 Å². The van der Waals surface area contributed by atoms with Crippen molar-refractivity contribution < 1.29 is 4.74 Å². The van der Waals surface area contributed by atoms with Crippen molar-refractivity contribution >= 4 is 11.6 Å². The van der Waals surface area contributed by atoms with E-state index in [9.17, 15) is 0 Å². The highest BCUT2D eigenvalue weighted by Crippen LogP contribution is 1.78. The fourth-order valence-electron chi connectivity index (χ4n) is 0.386. The Hall–Kier alpha value is -0.890. The van der Waals surface area contributed by atoms with Crippen LogP contribution in [0.3, 0.4) is 0 Å². The number of halogens is 1. The van der Waals surface area contributed by atoms with Crippen LogP contribution in [0.15, 0.2) is 11.6 Å². The van der Waals surface area contributed by atoms with Crippen LogP contribution < -0.4 is 0 Å². The number of allylic oxidation sites excluding steroid dienone is 1. The van der Waals surface area contributed by atoms with Gasteiger partial charge in [-0.3, -0.25) is 0 Å². The molecule has 0 saturated heterocycles. The van der Waals surface area contributed by atoms with E-state index in [0.29, 0.717) is 19.6 Å². The molecule has 0 aromatic carbocycles. The third kappa shape index (κ3) is 9.11. The summed E-state index contributed by atoms with van der Waals surface area (Å²) >= 11 is 5.21. The van der Waals surface area contributed by atoms with Gasteiger partial charge in [0, 0.05) is 12.0 Å². The van der Waals surface area contributed by atoms with E-state index in [0.717, 1.165) is 0 Å².